The second kappa shape index (κ2) is 9.85. The van der Waals surface area contributed by atoms with Crippen LogP contribution in [-0.4, -0.2) is 6.61 Å². The highest BCUT2D eigenvalue weighted by molar-refractivity contribution is 5.21. The second-order valence-corrected chi connectivity index (χ2v) is 2.90. The van der Waals surface area contributed by atoms with Gasteiger partial charge in [-0.05, 0) is 19.1 Å². The molecular weight excluding hydrogens is 172 g/mol. The zero-order valence-electron chi connectivity index (χ0n) is 9.36. The van der Waals surface area contributed by atoms with Crippen LogP contribution in [0, 0.1) is 0 Å². The van der Waals surface area contributed by atoms with Crippen LogP contribution >= 0.6 is 0 Å². The fourth-order valence-electron chi connectivity index (χ4n) is 0.757. The Morgan fingerprint density at radius 3 is 2.21 bits per heavy atom. The minimum atomic E-state index is 0.653. The predicted octanol–water partition coefficient (Wildman–Crippen LogP) is 4.06. The normalized spacial score (nSPS) is 9.36. The van der Waals surface area contributed by atoms with E-state index in [0.717, 1.165) is 5.75 Å². The molecule has 0 saturated carbocycles. The van der Waals surface area contributed by atoms with E-state index >= 15 is 0 Å². The van der Waals surface area contributed by atoms with Crippen molar-refractivity contribution in [1.82, 2.24) is 0 Å². The maximum absolute atomic E-state index is 5.36. The highest BCUT2D eigenvalue weighted by Crippen LogP contribution is 2.07. The Bertz CT molecular complexity index is 226. The molecule has 0 aliphatic rings. The Kier molecular flexibility index (Phi) is 8.97. The molecule has 0 fully saturated rings. The van der Waals surface area contributed by atoms with Crippen molar-refractivity contribution in [1.29, 1.82) is 0 Å². The van der Waals surface area contributed by atoms with Gasteiger partial charge in [-0.2, -0.15) is 0 Å². The van der Waals surface area contributed by atoms with Gasteiger partial charge in [0.1, 0.15) is 12.4 Å². The Hall–Kier alpha value is -1.24. The molecule has 1 nitrogen and oxygen atoms in total. The van der Waals surface area contributed by atoms with E-state index in [1.165, 1.54) is 6.42 Å². The predicted molar refractivity (Wildman–Crippen MR) is 62.7 cm³/mol. The fourth-order valence-corrected chi connectivity index (χ4v) is 0.757. The van der Waals surface area contributed by atoms with Gasteiger partial charge in [-0.3, -0.25) is 0 Å². The lowest BCUT2D eigenvalue weighted by Gasteiger charge is -2.00. The molecule has 0 atom stereocenters. The summed E-state index contributed by atoms with van der Waals surface area (Å²) in [6.07, 6.45) is 5.20. The topological polar surface area (TPSA) is 9.23 Å². The van der Waals surface area contributed by atoms with Crippen LogP contribution in [-0.2, 0) is 0 Å². The van der Waals surface area contributed by atoms with Gasteiger partial charge in [-0.15, -0.1) is 0 Å². The highest BCUT2D eigenvalue weighted by atomic mass is 16.5. The summed E-state index contributed by atoms with van der Waals surface area (Å²) in [4.78, 5) is 0. The van der Waals surface area contributed by atoms with Crippen molar-refractivity contribution in [2.24, 2.45) is 0 Å². The van der Waals surface area contributed by atoms with Crippen molar-refractivity contribution in [3.8, 4) is 5.75 Å². The van der Waals surface area contributed by atoms with Gasteiger partial charge in [0.15, 0.2) is 0 Å². The van der Waals surface area contributed by atoms with E-state index in [4.69, 9.17) is 4.74 Å². The van der Waals surface area contributed by atoms with Gasteiger partial charge >= 0.3 is 0 Å². The summed E-state index contributed by atoms with van der Waals surface area (Å²) in [5.74, 6) is 0.922. The van der Waals surface area contributed by atoms with E-state index in [2.05, 4.69) is 13.8 Å². The number of rotatable bonds is 3. The van der Waals surface area contributed by atoms with Crippen molar-refractivity contribution in [2.75, 3.05) is 6.61 Å². The van der Waals surface area contributed by atoms with Gasteiger partial charge < -0.3 is 4.74 Å². The molecule has 1 aromatic rings. The van der Waals surface area contributed by atoms with Crippen LogP contribution in [0.25, 0.3) is 0 Å². The smallest absolute Gasteiger partial charge is 0.119 e. The summed E-state index contributed by atoms with van der Waals surface area (Å²) >= 11 is 0. The van der Waals surface area contributed by atoms with E-state index in [1.807, 2.05) is 49.4 Å². The molecule has 0 amide bonds. The molecule has 0 unspecified atom stereocenters. The molecular formula is C13H20O. The third-order valence-electron chi connectivity index (χ3n) is 1.33. The first-order chi connectivity index (χ1) is 6.85. The zero-order valence-corrected chi connectivity index (χ0v) is 9.36. The molecule has 0 aliphatic carbocycles. The molecule has 0 N–H and O–H groups in total. The van der Waals surface area contributed by atoms with E-state index in [0.29, 0.717) is 6.61 Å². The summed E-state index contributed by atoms with van der Waals surface area (Å²) in [5, 5.41) is 0. The number of hydrogen-bond donors (Lipinski definition) is 0. The minimum Gasteiger partial charge on any atom is -0.490 e. The summed E-state index contributed by atoms with van der Waals surface area (Å²) in [5.41, 5.74) is 0. The summed E-state index contributed by atoms with van der Waals surface area (Å²) in [6, 6.07) is 9.80. The molecule has 78 valence electrons. The number of hydrogen-bond acceptors (Lipinski definition) is 1. The lowest BCUT2D eigenvalue weighted by atomic mass is 10.3. The second-order valence-electron chi connectivity index (χ2n) is 2.90. The fraction of sp³-hybridized carbons (Fsp3) is 0.385. The third kappa shape index (κ3) is 7.41. The molecule has 1 aromatic carbocycles. The molecule has 0 heterocycles. The Labute approximate surface area is 87.4 Å². The Morgan fingerprint density at radius 1 is 1.14 bits per heavy atom. The average Bonchev–Trinajstić information content (AvgIpc) is 2.21. The molecule has 0 bridgehead atoms. The molecule has 0 aromatic heterocycles. The van der Waals surface area contributed by atoms with Gasteiger partial charge in [0.2, 0.25) is 0 Å². The van der Waals surface area contributed by atoms with Gasteiger partial charge in [0.05, 0.1) is 0 Å². The van der Waals surface area contributed by atoms with Gasteiger partial charge in [-0.25, -0.2) is 0 Å². The van der Waals surface area contributed by atoms with Crippen LogP contribution in [0.1, 0.15) is 27.2 Å². The van der Waals surface area contributed by atoms with Crippen LogP contribution in [0.2, 0.25) is 0 Å². The number of allylic oxidation sites excluding steroid dienone is 1. The van der Waals surface area contributed by atoms with Crippen molar-refractivity contribution < 1.29 is 4.74 Å². The monoisotopic (exact) mass is 192 g/mol. The lowest BCUT2D eigenvalue weighted by Crippen LogP contribution is -1.91. The quantitative estimate of drug-likeness (QED) is 0.656. The molecule has 0 radical (unpaired) electrons. The van der Waals surface area contributed by atoms with Crippen LogP contribution in [0.4, 0.5) is 0 Å². The van der Waals surface area contributed by atoms with E-state index in [-0.39, 0.29) is 0 Å². The zero-order chi connectivity index (χ0) is 10.6. The standard InChI is InChI=1S/C10H12O.C3H8/c1-2-3-9-11-10-7-5-4-6-8-10;1-3-2/h2-8H,9H2,1H3;3H2,1-2H3/b3-2+;. The first kappa shape index (κ1) is 12.8. The lowest BCUT2D eigenvalue weighted by molar-refractivity contribution is 0.363. The third-order valence-corrected chi connectivity index (χ3v) is 1.33. The number of para-hydroxylation sites is 1. The molecule has 14 heavy (non-hydrogen) atoms. The van der Waals surface area contributed by atoms with Crippen molar-refractivity contribution in [2.45, 2.75) is 27.2 Å². The Balaban J connectivity index is 0.000000500. The van der Waals surface area contributed by atoms with Gasteiger partial charge in [-0.1, -0.05) is 50.6 Å². The van der Waals surface area contributed by atoms with E-state index in [9.17, 15) is 0 Å². The van der Waals surface area contributed by atoms with Crippen molar-refractivity contribution >= 4 is 0 Å². The van der Waals surface area contributed by atoms with Crippen LogP contribution in [0.15, 0.2) is 42.5 Å². The SMILES string of the molecule is C/C=C/COc1ccccc1.CCC. The molecule has 0 spiro atoms. The summed E-state index contributed by atoms with van der Waals surface area (Å²) in [7, 11) is 0. The van der Waals surface area contributed by atoms with Crippen molar-refractivity contribution in [3.63, 3.8) is 0 Å². The number of ether oxygens (including phenoxy) is 1. The van der Waals surface area contributed by atoms with E-state index in [1.54, 1.807) is 0 Å². The largest absolute Gasteiger partial charge is 0.490 e. The van der Waals surface area contributed by atoms with E-state index < -0.39 is 0 Å². The maximum atomic E-state index is 5.36. The number of benzene rings is 1. The van der Waals surface area contributed by atoms with Crippen molar-refractivity contribution in [3.05, 3.63) is 42.5 Å². The van der Waals surface area contributed by atoms with Crippen LogP contribution in [0.3, 0.4) is 0 Å². The highest BCUT2D eigenvalue weighted by Gasteiger charge is 1.85. The average molecular weight is 192 g/mol. The first-order valence-electron chi connectivity index (χ1n) is 5.14. The van der Waals surface area contributed by atoms with Gasteiger partial charge in [0, 0.05) is 0 Å². The minimum absolute atomic E-state index is 0.653. The summed E-state index contributed by atoms with van der Waals surface area (Å²) in [6.45, 7) is 6.88. The van der Waals surface area contributed by atoms with Crippen LogP contribution in [0.5, 0.6) is 5.75 Å². The first-order valence-corrected chi connectivity index (χ1v) is 5.14. The molecule has 0 aliphatic heterocycles. The molecule has 0 saturated heterocycles. The van der Waals surface area contributed by atoms with Gasteiger partial charge in [0.25, 0.3) is 0 Å². The molecule has 1 heteroatoms. The maximum Gasteiger partial charge on any atom is 0.119 e. The van der Waals surface area contributed by atoms with Crippen LogP contribution < -0.4 is 4.74 Å². The Morgan fingerprint density at radius 2 is 1.71 bits per heavy atom. The molecule has 1 rings (SSSR count). The summed E-state index contributed by atoms with van der Waals surface area (Å²) < 4.78 is 5.36.